The number of halogens is 1. The largest absolute Gasteiger partial charge is 0.374 e. The third-order valence-electron chi connectivity index (χ3n) is 2.35. The number of pyridine rings is 1. The standard InChI is InChI=1S/C10H15BrN4O2/c1-2-3-7(4-12)14-10-8(11)5-13-6-9(10)15(16)17/h5-7H,2-4,12H2,1H3,(H,13,14). The summed E-state index contributed by atoms with van der Waals surface area (Å²) in [6, 6.07) is 0.0254. The van der Waals surface area contributed by atoms with Crippen LogP contribution in [0.1, 0.15) is 19.8 Å². The number of rotatable bonds is 6. The summed E-state index contributed by atoms with van der Waals surface area (Å²) in [5.41, 5.74) is 6.01. The van der Waals surface area contributed by atoms with E-state index in [2.05, 4.69) is 26.2 Å². The Morgan fingerprint density at radius 1 is 1.65 bits per heavy atom. The predicted molar refractivity (Wildman–Crippen MR) is 70.0 cm³/mol. The molecule has 0 aliphatic heterocycles. The molecule has 0 saturated carbocycles. The molecule has 1 aromatic heterocycles. The zero-order valence-corrected chi connectivity index (χ0v) is 11.1. The van der Waals surface area contributed by atoms with Crippen molar-refractivity contribution in [1.29, 1.82) is 0 Å². The lowest BCUT2D eigenvalue weighted by molar-refractivity contribution is -0.384. The SMILES string of the molecule is CCCC(CN)Nc1c(Br)cncc1[N+](=O)[O-]. The minimum absolute atomic E-state index is 0.0254. The average molecular weight is 303 g/mol. The monoisotopic (exact) mass is 302 g/mol. The molecule has 1 unspecified atom stereocenters. The van der Waals surface area contributed by atoms with E-state index in [1.165, 1.54) is 12.4 Å². The summed E-state index contributed by atoms with van der Waals surface area (Å²) in [7, 11) is 0. The molecular weight excluding hydrogens is 288 g/mol. The van der Waals surface area contributed by atoms with Crippen molar-refractivity contribution in [3.8, 4) is 0 Å². The van der Waals surface area contributed by atoms with E-state index >= 15 is 0 Å². The van der Waals surface area contributed by atoms with Gasteiger partial charge >= 0.3 is 5.69 Å². The molecule has 7 heteroatoms. The van der Waals surface area contributed by atoms with Gasteiger partial charge in [-0.2, -0.15) is 0 Å². The van der Waals surface area contributed by atoms with Gasteiger partial charge in [-0.3, -0.25) is 15.1 Å². The van der Waals surface area contributed by atoms with E-state index in [9.17, 15) is 10.1 Å². The van der Waals surface area contributed by atoms with Crippen LogP contribution in [0.3, 0.4) is 0 Å². The number of nitrogens with one attached hydrogen (secondary N) is 1. The van der Waals surface area contributed by atoms with Gasteiger partial charge in [-0.05, 0) is 22.4 Å². The molecule has 0 spiro atoms. The van der Waals surface area contributed by atoms with E-state index in [0.29, 0.717) is 16.7 Å². The van der Waals surface area contributed by atoms with Gasteiger partial charge in [-0.25, -0.2) is 0 Å². The Hall–Kier alpha value is -1.21. The van der Waals surface area contributed by atoms with Crippen molar-refractivity contribution in [2.45, 2.75) is 25.8 Å². The number of nitrogens with two attached hydrogens (primary N) is 1. The van der Waals surface area contributed by atoms with Crippen LogP contribution in [0.25, 0.3) is 0 Å². The molecule has 0 aliphatic rings. The third kappa shape index (κ3) is 3.64. The highest BCUT2D eigenvalue weighted by Gasteiger charge is 2.19. The van der Waals surface area contributed by atoms with Crippen LogP contribution in [0.15, 0.2) is 16.9 Å². The molecule has 3 N–H and O–H groups in total. The lowest BCUT2D eigenvalue weighted by Gasteiger charge is -2.17. The fourth-order valence-corrected chi connectivity index (χ4v) is 1.94. The molecule has 17 heavy (non-hydrogen) atoms. The highest BCUT2D eigenvalue weighted by Crippen LogP contribution is 2.31. The van der Waals surface area contributed by atoms with Crippen LogP contribution in [-0.2, 0) is 0 Å². The first-order valence-electron chi connectivity index (χ1n) is 5.34. The summed E-state index contributed by atoms with van der Waals surface area (Å²) in [4.78, 5) is 14.2. The lowest BCUT2D eigenvalue weighted by Crippen LogP contribution is -2.29. The van der Waals surface area contributed by atoms with Crippen LogP contribution < -0.4 is 11.1 Å². The maximum atomic E-state index is 10.9. The number of aromatic nitrogens is 1. The van der Waals surface area contributed by atoms with E-state index in [1.54, 1.807) is 0 Å². The maximum absolute atomic E-state index is 10.9. The van der Waals surface area contributed by atoms with E-state index in [1.807, 2.05) is 6.92 Å². The highest BCUT2D eigenvalue weighted by atomic mass is 79.9. The average Bonchev–Trinajstić information content (AvgIpc) is 2.30. The van der Waals surface area contributed by atoms with Gasteiger partial charge < -0.3 is 11.1 Å². The van der Waals surface area contributed by atoms with Gasteiger partial charge in [-0.1, -0.05) is 13.3 Å². The number of anilines is 1. The summed E-state index contributed by atoms with van der Waals surface area (Å²) in [5.74, 6) is 0. The Morgan fingerprint density at radius 3 is 2.88 bits per heavy atom. The first-order valence-corrected chi connectivity index (χ1v) is 6.14. The van der Waals surface area contributed by atoms with Crippen molar-refractivity contribution < 1.29 is 4.92 Å². The summed E-state index contributed by atoms with van der Waals surface area (Å²) >= 11 is 3.25. The van der Waals surface area contributed by atoms with Gasteiger partial charge in [0, 0.05) is 18.8 Å². The van der Waals surface area contributed by atoms with Crippen LogP contribution in [-0.4, -0.2) is 22.5 Å². The summed E-state index contributed by atoms with van der Waals surface area (Å²) in [6.45, 7) is 2.47. The minimum Gasteiger partial charge on any atom is -0.374 e. The molecule has 0 aromatic carbocycles. The molecule has 94 valence electrons. The van der Waals surface area contributed by atoms with Crippen molar-refractivity contribution in [2.24, 2.45) is 5.73 Å². The van der Waals surface area contributed by atoms with Crippen molar-refractivity contribution in [1.82, 2.24) is 4.98 Å². The highest BCUT2D eigenvalue weighted by molar-refractivity contribution is 9.10. The van der Waals surface area contributed by atoms with Crippen LogP contribution in [0.2, 0.25) is 0 Å². The van der Waals surface area contributed by atoms with E-state index < -0.39 is 4.92 Å². The summed E-state index contributed by atoms with van der Waals surface area (Å²) < 4.78 is 0.571. The number of hydrogen-bond acceptors (Lipinski definition) is 5. The summed E-state index contributed by atoms with van der Waals surface area (Å²) in [5, 5.41) is 14.0. The van der Waals surface area contributed by atoms with E-state index in [-0.39, 0.29) is 11.7 Å². The number of nitrogens with zero attached hydrogens (tertiary/aromatic N) is 2. The Balaban J connectivity index is 2.99. The Labute approximate surface area is 108 Å². The molecule has 1 heterocycles. The lowest BCUT2D eigenvalue weighted by atomic mass is 10.1. The molecule has 1 atom stereocenters. The third-order valence-corrected chi connectivity index (χ3v) is 2.95. The van der Waals surface area contributed by atoms with Gasteiger partial charge in [0.05, 0.1) is 9.40 Å². The van der Waals surface area contributed by atoms with Gasteiger partial charge in [0.15, 0.2) is 0 Å². The molecule has 0 fully saturated rings. The topological polar surface area (TPSA) is 94.1 Å². The molecular formula is C10H15BrN4O2. The molecule has 0 amide bonds. The Bertz CT molecular complexity index is 400. The van der Waals surface area contributed by atoms with Crippen molar-refractivity contribution >= 4 is 27.3 Å². The quantitative estimate of drug-likeness (QED) is 0.621. The molecule has 0 bridgehead atoms. The maximum Gasteiger partial charge on any atom is 0.311 e. The molecule has 1 aromatic rings. The second-order valence-corrected chi connectivity index (χ2v) is 4.49. The first kappa shape index (κ1) is 13.9. The van der Waals surface area contributed by atoms with Crippen LogP contribution in [0.5, 0.6) is 0 Å². The van der Waals surface area contributed by atoms with Crippen molar-refractivity contribution in [3.63, 3.8) is 0 Å². The van der Waals surface area contributed by atoms with Gasteiger partial charge in [-0.15, -0.1) is 0 Å². The zero-order chi connectivity index (χ0) is 12.8. The van der Waals surface area contributed by atoms with Crippen LogP contribution in [0, 0.1) is 10.1 Å². The minimum atomic E-state index is -0.459. The molecule has 0 radical (unpaired) electrons. The second-order valence-electron chi connectivity index (χ2n) is 3.64. The van der Waals surface area contributed by atoms with Crippen molar-refractivity contribution in [2.75, 3.05) is 11.9 Å². The Morgan fingerprint density at radius 2 is 2.35 bits per heavy atom. The first-order chi connectivity index (χ1) is 8.10. The molecule has 0 aliphatic carbocycles. The van der Waals surface area contributed by atoms with E-state index in [0.717, 1.165) is 12.8 Å². The fourth-order valence-electron chi connectivity index (χ4n) is 1.51. The van der Waals surface area contributed by atoms with Gasteiger partial charge in [0.2, 0.25) is 0 Å². The van der Waals surface area contributed by atoms with Gasteiger partial charge in [0.25, 0.3) is 0 Å². The summed E-state index contributed by atoms with van der Waals surface area (Å²) in [6.07, 6.45) is 4.58. The normalized spacial score (nSPS) is 12.2. The molecule has 0 saturated heterocycles. The van der Waals surface area contributed by atoms with E-state index in [4.69, 9.17) is 5.73 Å². The van der Waals surface area contributed by atoms with Crippen LogP contribution in [0.4, 0.5) is 11.4 Å². The predicted octanol–water partition coefficient (Wildman–Crippen LogP) is 2.29. The Kier molecular flexibility index (Phi) is 5.30. The fraction of sp³-hybridized carbons (Fsp3) is 0.500. The zero-order valence-electron chi connectivity index (χ0n) is 9.52. The molecule has 6 nitrogen and oxygen atoms in total. The van der Waals surface area contributed by atoms with Gasteiger partial charge in [0.1, 0.15) is 11.9 Å². The number of hydrogen-bond donors (Lipinski definition) is 2. The second kappa shape index (κ2) is 6.51. The smallest absolute Gasteiger partial charge is 0.311 e. The van der Waals surface area contributed by atoms with Crippen molar-refractivity contribution in [3.05, 3.63) is 27.0 Å². The number of nitro groups is 1. The molecule has 1 rings (SSSR count). The van der Waals surface area contributed by atoms with Crippen LogP contribution >= 0.6 is 15.9 Å².